The van der Waals surface area contributed by atoms with E-state index < -0.39 is 6.10 Å². The Morgan fingerprint density at radius 2 is 0.493 bits per heavy atom. The molecule has 6 nitrogen and oxygen atoms in total. The summed E-state index contributed by atoms with van der Waals surface area (Å²) in [4.78, 5) is 38.3. The lowest BCUT2D eigenvalue weighted by Crippen LogP contribution is -2.30. The number of esters is 3. The molecule has 1 atom stereocenters. The Bertz CT molecular complexity index is 1270. The highest BCUT2D eigenvalue weighted by Crippen LogP contribution is 2.17. The molecule has 6 heteroatoms. The van der Waals surface area contributed by atoms with Crippen LogP contribution in [0.4, 0.5) is 0 Å². The molecule has 0 radical (unpaired) electrons. The molecule has 0 aromatic heterocycles. The number of ether oxygens (including phenoxy) is 3. The minimum atomic E-state index is -0.777. The Balaban J connectivity index is 4.35. The molecule has 0 aliphatic carbocycles. The third kappa shape index (κ3) is 60.1. The van der Waals surface area contributed by atoms with E-state index in [0.29, 0.717) is 19.3 Å². The Hall–Kier alpha value is -2.63. The molecule has 426 valence electrons. The van der Waals surface area contributed by atoms with Crippen molar-refractivity contribution in [2.45, 2.75) is 348 Å². The van der Waals surface area contributed by atoms with Gasteiger partial charge < -0.3 is 14.2 Å². The van der Waals surface area contributed by atoms with Gasteiger partial charge >= 0.3 is 17.9 Å². The molecule has 0 aliphatic rings. The van der Waals surface area contributed by atoms with Gasteiger partial charge in [0.05, 0.1) is 0 Å². The first-order valence-corrected chi connectivity index (χ1v) is 32.1. The summed E-state index contributed by atoms with van der Waals surface area (Å²) in [6.45, 7) is 6.64. The lowest BCUT2D eigenvalue weighted by atomic mass is 10.0. The van der Waals surface area contributed by atoms with Gasteiger partial charge in [-0.2, -0.15) is 0 Å². The van der Waals surface area contributed by atoms with Gasteiger partial charge in [-0.3, -0.25) is 14.4 Å². The second-order valence-corrected chi connectivity index (χ2v) is 21.7. The summed E-state index contributed by atoms with van der Waals surface area (Å²) in [7, 11) is 0. The van der Waals surface area contributed by atoms with Crippen molar-refractivity contribution in [2.75, 3.05) is 13.2 Å². The Morgan fingerprint density at radius 3 is 0.781 bits per heavy atom. The fraction of sp³-hybridized carbons (Fsp3) is 0.836. The first kappa shape index (κ1) is 70.4. The second-order valence-electron chi connectivity index (χ2n) is 21.7. The van der Waals surface area contributed by atoms with Crippen LogP contribution in [0.25, 0.3) is 0 Å². The molecule has 0 aromatic rings. The van der Waals surface area contributed by atoms with Crippen LogP contribution in [0.15, 0.2) is 48.6 Å². The Morgan fingerprint density at radius 1 is 0.274 bits per heavy atom. The largest absolute Gasteiger partial charge is 0.462 e. The van der Waals surface area contributed by atoms with Crippen LogP contribution in [0.2, 0.25) is 0 Å². The van der Waals surface area contributed by atoms with Gasteiger partial charge in [-0.15, -0.1) is 0 Å². The van der Waals surface area contributed by atoms with Crippen LogP contribution in [-0.2, 0) is 28.6 Å². The van der Waals surface area contributed by atoms with E-state index >= 15 is 0 Å². The van der Waals surface area contributed by atoms with E-state index in [0.717, 1.165) is 77.0 Å². The normalized spacial score (nSPS) is 12.3. The molecule has 0 N–H and O–H groups in total. The maximum Gasteiger partial charge on any atom is 0.306 e. The average molecular weight is 1020 g/mol. The maximum absolute atomic E-state index is 12.9. The van der Waals surface area contributed by atoms with Crippen LogP contribution in [0.3, 0.4) is 0 Å². The zero-order valence-electron chi connectivity index (χ0n) is 48.9. The molecule has 0 spiro atoms. The maximum atomic E-state index is 12.9. The molecule has 0 aliphatic heterocycles. The minimum absolute atomic E-state index is 0.0744. The second kappa shape index (κ2) is 61.9. The minimum Gasteiger partial charge on any atom is -0.462 e. The van der Waals surface area contributed by atoms with E-state index in [1.165, 1.54) is 225 Å². The number of unbranched alkanes of at least 4 members (excludes halogenated alkanes) is 40. The zero-order valence-corrected chi connectivity index (χ0v) is 48.9. The number of carbonyl (C=O) groups is 3. The predicted octanol–water partition coefficient (Wildman–Crippen LogP) is 21.8. The molecule has 0 bridgehead atoms. The molecule has 0 fully saturated rings. The van der Waals surface area contributed by atoms with E-state index in [1.807, 2.05) is 0 Å². The van der Waals surface area contributed by atoms with Gasteiger partial charge in [0.1, 0.15) is 13.2 Å². The van der Waals surface area contributed by atoms with Gasteiger partial charge in [0.15, 0.2) is 6.10 Å². The monoisotopic (exact) mass is 1020 g/mol. The summed E-state index contributed by atoms with van der Waals surface area (Å²) in [5.74, 6) is -0.864. The van der Waals surface area contributed by atoms with E-state index in [4.69, 9.17) is 14.2 Å². The Labute approximate surface area is 454 Å². The molecular formula is C67H122O6. The van der Waals surface area contributed by atoms with Crippen molar-refractivity contribution in [3.63, 3.8) is 0 Å². The van der Waals surface area contributed by atoms with Crippen LogP contribution in [0.1, 0.15) is 342 Å². The van der Waals surface area contributed by atoms with E-state index in [2.05, 4.69) is 69.4 Å². The van der Waals surface area contributed by atoms with E-state index in [9.17, 15) is 14.4 Å². The quantitative estimate of drug-likeness (QED) is 0.0261. The lowest BCUT2D eigenvalue weighted by molar-refractivity contribution is -0.167. The van der Waals surface area contributed by atoms with Gasteiger partial charge in [0.2, 0.25) is 0 Å². The predicted molar refractivity (Wildman–Crippen MR) is 316 cm³/mol. The SMILES string of the molecule is CCCCC/C=C\C/C=C\CCCCCCCCCCCC(=O)OCC(COC(=O)CCCCCCCCC/C=C\C/C=C\CCCCC)OC(=O)CCCCCCCCCCCCCCCCCCCCC. The molecule has 0 aromatic carbocycles. The fourth-order valence-corrected chi connectivity index (χ4v) is 9.45. The smallest absolute Gasteiger partial charge is 0.306 e. The summed E-state index contributed by atoms with van der Waals surface area (Å²) in [6.07, 6.45) is 76.8. The zero-order chi connectivity index (χ0) is 52.9. The van der Waals surface area contributed by atoms with Gasteiger partial charge in [-0.1, -0.05) is 288 Å². The van der Waals surface area contributed by atoms with Crippen LogP contribution in [0, 0.1) is 0 Å². The summed E-state index contributed by atoms with van der Waals surface area (Å²) in [5, 5.41) is 0. The summed E-state index contributed by atoms with van der Waals surface area (Å²) < 4.78 is 17.0. The Kier molecular flexibility index (Phi) is 59.7. The lowest BCUT2D eigenvalue weighted by Gasteiger charge is -2.18. The highest BCUT2D eigenvalue weighted by molar-refractivity contribution is 5.71. The van der Waals surface area contributed by atoms with Crippen LogP contribution < -0.4 is 0 Å². The fourth-order valence-electron chi connectivity index (χ4n) is 9.45. The average Bonchev–Trinajstić information content (AvgIpc) is 3.39. The molecule has 0 saturated carbocycles. The summed E-state index contributed by atoms with van der Waals surface area (Å²) in [6, 6.07) is 0. The number of hydrogen-bond acceptors (Lipinski definition) is 6. The van der Waals surface area contributed by atoms with Crippen LogP contribution in [0.5, 0.6) is 0 Å². The van der Waals surface area contributed by atoms with Gasteiger partial charge in [-0.25, -0.2) is 0 Å². The van der Waals surface area contributed by atoms with Crippen molar-refractivity contribution in [1.29, 1.82) is 0 Å². The number of allylic oxidation sites excluding steroid dienone is 8. The third-order valence-electron chi connectivity index (χ3n) is 14.3. The third-order valence-corrected chi connectivity index (χ3v) is 14.3. The van der Waals surface area contributed by atoms with Crippen LogP contribution in [-0.4, -0.2) is 37.2 Å². The standard InChI is InChI=1S/C67H122O6/c1-4-7-10-13-16-19-22-25-28-31-33-36-39-42-45-48-51-54-57-60-66(69)72-63-64(62-71-65(68)59-56-53-50-47-44-41-38-35-30-27-24-21-18-15-12-9-6-3)73-67(70)61-58-55-52-49-46-43-40-37-34-32-29-26-23-20-17-14-11-8-5-2/h16,18-19,21,25,27-28,30,64H,4-15,17,20,22-24,26,29,31-63H2,1-3H3/b19-16-,21-18-,28-25-,30-27-. The highest BCUT2D eigenvalue weighted by Gasteiger charge is 2.19. The molecule has 0 amide bonds. The van der Waals surface area contributed by atoms with Crippen molar-refractivity contribution >= 4 is 17.9 Å². The molecule has 0 heterocycles. The summed E-state index contributed by atoms with van der Waals surface area (Å²) in [5.41, 5.74) is 0. The first-order valence-electron chi connectivity index (χ1n) is 32.1. The highest BCUT2D eigenvalue weighted by atomic mass is 16.6. The van der Waals surface area contributed by atoms with E-state index in [1.54, 1.807) is 0 Å². The summed E-state index contributed by atoms with van der Waals surface area (Å²) >= 11 is 0. The molecule has 1 unspecified atom stereocenters. The van der Waals surface area contributed by atoms with Gasteiger partial charge in [0.25, 0.3) is 0 Å². The molecular weight excluding hydrogens is 901 g/mol. The van der Waals surface area contributed by atoms with Crippen molar-refractivity contribution < 1.29 is 28.6 Å². The van der Waals surface area contributed by atoms with Crippen molar-refractivity contribution in [2.24, 2.45) is 0 Å². The number of hydrogen-bond donors (Lipinski definition) is 0. The van der Waals surface area contributed by atoms with E-state index in [-0.39, 0.29) is 31.1 Å². The molecule has 0 rings (SSSR count). The topological polar surface area (TPSA) is 78.9 Å². The van der Waals surface area contributed by atoms with Crippen molar-refractivity contribution in [3.05, 3.63) is 48.6 Å². The molecule has 73 heavy (non-hydrogen) atoms. The number of rotatable bonds is 59. The first-order chi connectivity index (χ1) is 36.0. The van der Waals surface area contributed by atoms with Crippen LogP contribution >= 0.6 is 0 Å². The van der Waals surface area contributed by atoms with Gasteiger partial charge in [-0.05, 0) is 83.5 Å². The molecule has 0 saturated heterocycles. The number of carbonyl (C=O) groups excluding carboxylic acids is 3. The van der Waals surface area contributed by atoms with Crippen molar-refractivity contribution in [1.82, 2.24) is 0 Å². The van der Waals surface area contributed by atoms with Crippen molar-refractivity contribution in [3.8, 4) is 0 Å². The van der Waals surface area contributed by atoms with Gasteiger partial charge in [0, 0.05) is 19.3 Å².